The van der Waals surface area contributed by atoms with Gasteiger partial charge in [0.05, 0.1) is 23.5 Å². The minimum atomic E-state index is -0.451. The Morgan fingerprint density at radius 3 is 2.89 bits per heavy atom. The van der Waals surface area contributed by atoms with Gasteiger partial charge >= 0.3 is 0 Å². The second-order valence-corrected chi connectivity index (χ2v) is 3.91. The number of nitrogens with two attached hydrogens (primary N) is 1. The molecule has 2 N–H and O–H groups in total. The van der Waals surface area contributed by atoms with Gasteiger partial charge in [-0.15, -0.1) is 0 Å². The monoisotopic (exact) mass is 241 g/mol. The summed E-state index contributed by atoms with van der Waals surface area (Å²) in [6.07, 6.45) is 8.87. The molecule has 0 saturated carbocycles. The van der Waals surface area contributed by atoms with Crippen molar-refractivity contribution < 1.29 is 9.21 Å². The highest BCUT2D eigenvalue weighted by atomic mass is 16.3. The number of amides is 1. The summed E-state index contributed by atoms with van der Waals surface area (Å²) in [4.78, 5) is 11.1. The van der Waals surface area contributed by atoms with E-state index in [1.807, 2.05) is 29.1 Å². The second-order valence-electron chi connectivity index (χ2n) is 3.91. The van der Waals surface area contributed by atoms with Crippen molar-refractivity contribution in [2.24, 2.45) is 5.73 Å². The lowest BCUT2D eigenvalue weighted by Crippen LogP contribution is -2.12. The molecule has 5 nitrogen and oxygen atoms in total. The molecule has 90 valence electrons. The standard InChI is InChI=1S/C13H11N3O2/c14-13(17)10-3-4-11-8-15-5-1-2-6-18-12(15)9-16(11)7-10/h1-9H,(H2,14,17). The van der Waals surface area contributed by atoms with Crippen LogP contribution in [0.25, 0.3) is 11.4 Å². The Bertz CT molecular complexity index is 734. The Hall–Kier alpha value is -2.69. The molecule has 0 saturated heterocycles. The fraction of sp³-hybridized carbons (Fsp3) is 0. The molecule has 1 amide bonds. The van der Waals surface area contributed by atoms with Crippen LogP contribution in [0.15, 0.2) is 59.7 Å². The van der Waals surface area contributed by atoms with Crippen LogP contribution in [-0.4, -0.2) is 14.9 Å². The van der Waals surface area contributed by atoms with Crippen LogP contribution in [0.2, 0.25) is 0 Å². The average Bonchev–Trinajstić information content (AvgIpc) is 2.59. The quantitative estimate of drug-likeness (QED) is 0.708. The first-order chi connectivity index (χ1) is 8.74. The molecule has 1 aromatic rings. The number of carbonyl (C=O) groups excluding carboxylic acids is 1. The zero-order chi connectivity index (χ0) is 12.5. The molecule has 18 heavy (non-hydrogen) atoms. The first-order valence-corrected chi connectivity index (χ1v) is 5.44. The van der Waals surface area contributed by atoms with Crippen LogP contribution in [0.3, 0.4) is 0 Å². The summed E-state index contributed by atoms with van der Waals surface area (Å²) < 4.78 is 9.10. The lowest BCUT2D eigenvalue weighted by Gasteiger charge is -2.09. The number of primary amides is 1. The van der Waals surface area contributed by atoms with Gasteiger partial charge in [0.2, 0.25) is 11.8 Å². The number of aromatic nitrogens is 2. The number of carbonyl (C=O) groups is 1. The SMILES string of the molecule is NC(=O)c1ccc2cn3ccccoc-3cn2c1. The van der Waals surface area contributed by atoms with E-state index in [0.717, 1.165) is 5.52 Å². The Labute approximate surface area is 103 Å². The maximum atomic E-state index is 11.1. The van der Waals surface area contributed by atoms with Crippen molar-refractivity contribution in [1.29, 1.82) is 0 Å². The van der Waals surface area contributed by atoms with E-state index in [0.29, 0.717) is 11.4 Å². The number of pyridine rings is 1. The predicted molar refractivity (Wildman–Crippen MR) is 66.3 cm³/mol. The number of fused-ring (bicyclic) bond motifs is 2. The molecule has 2 aliphatic heterocycles. The molecular formula is C13H11N3O2. The van der Waals surface area contributed by atoms with Crippen LogP contribution in [0.5, 0.6) is 0 Å². The van der Waals surface area contributed by atoms with Gasteiger partial charge in [-0.3, -0.25) is 9.36 Å². The van der Waals surface area contributed by atoms with E-state index in [1.165, 1.54) is 0 Å². The first-order valence-electron chi connectivity index (χ1n) is 5.44. The van der Waals surface area contributed by atoms with Crippen molar-refractivity contribution in [1.82, 2.24) is 8.97 Å². The molecule has 0 fully saturated rings. The fourth-order valence-electron chi connectivity index (χ4n) is 1.79. The Morgan fingerprint density at radius 2 is 2.06 bits per heavy atom. The zero-order valence-electron chi connectivity index (χ0n) is 9.48. The van der Waals surface area contributed by atoms with Gasteiger partial charge in [0.25, 0.3) is 0 Å². The van der Waals surface area contributed by atoms with Crippen LogP contribution >= 0.6 is 0 Å². The molecule has 2 aliphatic rings. The summed E-state index contributed by atoms with van der Waals surface area (Å²) in [6, 6.07) is 7.21. The van der Waals surface area contributed by atoms with E-state index in [1.54, 1.807) is 35.2 Å². The summed E-state index contributed by atoms with van der Waals surface area (Å²) >= 11 is 0. The van der Waals surface area contributed by atoms with Gasteiger partial charge in [0.1, 0.15) is 0 Å². The summed E-state index contributed by atoms with van der Waals surface area (Å²) in [7, 11) is 0. The van der Waals surface area contributed by atoms with Gasteiger partial charge in [-0.1, -0.05) is 0 Å². The minimum Gasteiger partial charge on any atom is -0.447 e. The highest BCUT2D eigenvalue weighted by molar-refractivity contribution is 5.92. The van der Waals surface area contributed by atoms with Crippen LogP contribution in [0, 0.1) is 0 Å². The molecule has 0 spiro atoms. The average molecular weight is 241 g/mol. The highest BCUT2D eigenvalue weighted by Gasteiger charge is 2.04. The van der Waals surface area contributed by atoms with Crippen LogP contribution in [0.1, 0.15) is 10.4 Å². The first kappa shape index (κ1) is 10.5. The van der Waals surface area contributed by atoms with Gasteiger partial charge < -0.3 is 14.6 Å². The molecule has 0 unspecified atom stereocenters. The van der Waals surface area contributed by atoms with E-state index in [9.17, 15) is 4.79 Å². The molecular weight excluding hydrogens is 230 g/mol. The fourth-order valence-corrected chi connectivity index (χ4v) is 1.79. The molecule has 0 aromatic carbocycles. The predicted octanol–water partition coefficient (Wildman–Crippen LogP) is 1.98. The van der Waals surface area contributed by atoms with Crippen molar-refractivity contribution in [3.8, 4) is 5.88 Å². The number of hydrogen-bond donors (Lipinski definition) is 1. The molecule has 1 aromatic heterocycles. The molecule has 5 heteroatoms. The van der Waals surface area contributed by atoms with Crippen LogP contribution in [-0.2, 0) is 0 Å². The summed E-state index contributed by atoms with van der Waals surface area (Å²) in [5, 5.41) is 0. The number of hydrogen-bond acceptors (Lipinski definition) is 2. The Balaban J connectivity index is 2.35. The van der Waals surface area contributed by atoms with Crippen molar-refractivity contribution in [2.75, 3.05) is 0 Å². The topological polar surface area (TPSA) is 65.6 Å². The third kappa shape index (κ3) is 1.71. The Kier molecular flexibility index (Phi) is 2.30. The normalized spacial score (nSPS) is 10.7. The van der Waals surface area contributed by atoms with Gasteiger partial charge in [-0.25, -0.2) is 0 Å². The van der Waals surface area contributed by atoms with Crippen molar-refractivity contribution >= 4 is 11.4 Å². The maximum absolute atomic E-state index is 11.1. The molecule has 3 heterocycles. The van der Waals surface area contributed by atoms with E-state index < -0.39 is 5.91 Å². The van der Waals surface area contributed by atoms with Crippen LogP contribution < -0.4 is 5.73 Å². The van der Waals surface area contributed by atoms with Gasteiger partial charge in [0, 0.05) is 18.6 Å². The molecule has 0 bridgehead atoms. The summed E-state index contributed by atoms with van der Waals surface area (Å²) in [6.45, 7) is 0. The largest absolute Gasteiger partial charge is 0.447 e. The van der Waals surface area contributed by atoms with Gasteiger partial charge in [0.15, 0.2) is 0 Å². The Morgan fingerprint density at radius 1 is 1.17 bits per heavy atom. The second kappa shape index (κ2) is 3.96. The van der Waals surface area contributed by atoms with E-state index in [4.69, 9.17) is 10.2 Å². The molecule has 3 rings (SSSR count). The smallest absolute Gasteiger partial charge is 0.250 e. The van der Waals surface area contributed by atoms with E-state index in [2.05, 4.69) is 0 Å². The summed E-state index contributed by atoms with van der Waals surface area (Å²) in [5.74, 6) is 0.201. The zero-order valence-corrected chi connectivity index (χ0v) is 9.48. The third-order valence-electron chi connectivity index (χ3n) is 2.69. The molecule has 0 radical (unpaired) electrons. The molecule has 0 atom stereocenters. The third-order valence-corrected chi connectivity index (χ3v) is 2.69. The van der Waals surface area contributed by atoms with E-state index in [-0.39, 0.29) is 0 Å². The lowest BCUT2D eigenvalue weighted by atomic mass is 10.2. The number of rotatable bonds is 1. The van der Waals surface area contributed by atoms with Crippen molar-refractivity contribution in [3.63, 3.8) is 0 Å². The van der Waals surface area contributed by atoms with E-state index >= 15 is 0 Å². The molecule has 0 aliphatic carbocycles. The minimum absolute atomic E-state index is 0.451. The highest BCUT2D eigenvalue weighted by Crippen LogP contribution is 2.13. The maximum Gasteiger partial charge on any atom is 0.250 e. The van der Waals surface area contributed by atoms with Crippen molar-refractivity contribution in [3.05, 3.63) is 60.9 Å². The van der Waals surface area contributed by atoms with Crippen LogP contribution in [0.4, 0.5) is 0 Å². The summed E-state index contributed by atoms with van der Waals surface area (Å²) in [5.41, 5.74) is 6.64. The lowest BCUT2D eigenvalue weighted by molar-refractivity contribution is 0.1000. The van der Waals surface area contributed by atoms with Gasteiger partial charge in [-0.05, 0) is 24.3 Å². The number of nitrogens with zero attached hydrogens (tertiary/aromatic N) is 2. The van der Waals surface area contributed by atoms with Crippen molar-refractivity contribution in [2.45, 2.75) is 0 Å². The van der Waals surface area contributed by atoms with Gasteiger partial charge in [-0.2, -0.15) is 0 Å².